The zero-order valence-electron chi connectivity index (χ0n) is 31.5. The predicted molar refractivity (Wildman–Crippen MR) is 203 cm³/mol. The molecule has 0 aromatic heterocycles. The monoisotopic (exact) mass is 698 g/mol. The van der Waals surface area contributed by atoms with Crippen LogP contribution in [0, 0.1) is 0 Å². The smallest absolute Gasteiger partial charge is 0.387 e. The zero-order valence-corrected chi connectivity index (χ0v) is 32.4. The molecule has 3 N–H and O–H groups in total. The Morgan fingerprint density at radius 1 is 0.729 bits per heavy atom. The Hall–Kier alpha value is -1.54. The molecule has 3 atom stereocenters. The van der Waals surface area contributed by atoms with Crippen LogP contribution in [-0.2, 0) is 18.4 Å². The Morgan fingerprint density at radius 3 is 1.85 bits per heavy atom. The van der Waals surface area contributed by atoms with E-state index in [-0.39, 0.29) is 19.1 Å². The van der Waals surface area contributed by atoms with E-state index in [2.05, 4.69) is 49.5 Å². The maximum absolute atomic E-state index is 12.8. The van der Waals surface area contributed by atoms with Gasteiger partial charge in [-0.15, -0.1) is 0 Å². The Bertz CT molecular complexity index is 928. The molecule has 0 saturated heterocycles. The van der Waals surface area contributed by atoms with Crippen LogP contribution in [0.5, 0.6) is 0 Å². The zero-order chi connectivity index (χ0) is 35.8. The normalized spacial score (nSPS) is 15.2. The molecule has 9 heteroatoms. The first-order chi connectivity index (χ1) is 23.0. The highest BCUT2D eigenvalue weighted by atomic mass is 31.2. The number of phosphoric ester groups is 1. The highest BCUT2D eigenvalue weighted by Gasteiger charge is 2.27. The van der Waals surface area contributed by atoms with Gasteiger partial charge in [0.25, 0.3) is 0 Å². The Kier molecular flexibility index (Phi) is 30.4. The topological polar surface area (TPSA) is 105 Å². The summed E-state index contributed by atoms with van der Waals surface area (Å²) >= 11 is 0. The molecule has 0 aromatic rings. The van der Waals surface area contributed by atoms with E-state index in [1.165, 1.54) is 64.2 Å². The van der Waals surface area contributed by atoms with Gasteiger partial charge in [0.1, 0.15) is 13.2 Å². The molecule has 8 nitrogen and oxygen atoms in total. The molecule has 0 aromatic carbocycles. The van der Waals surface area contributed by atoms with Crippen LogP contribution in [0.2, 0.25) is 0 Å². The fourth-order valence-corrected chi connectivity index (χ4v) is 5.69. The van der Waals surface area contributed by atoms with Gasteiger partial charge in [0.05, 0.1) is 39.9 Å². The van der Waals surface area contributed by atoms with Gasteiger partial charge in [-0.25, -0.2) is 4.57 Å². The lowest BCUT2D eigenvalue weighted by Crippen LogP contribution is -2.45. The highest BCUT2D eigenvalue weighted by Crippen LogP contribution is 2.43. The maximum Gasteiger partial charge on any atom is 0.472 e. The lowest BCUT2D eigenvalue weighted by Gasteiger charge is -2.25. The van der Waals surface area contributed by atoms with Crippen LogP contribution >= 0.6 is 7.82 Å². The van der Waals surface area contributed by atoms with E-state index in [0.717, 1.165) is 57.8 Å². The number of amides is 1. The van der Waals surface area contributed by atoms with E-state index in [4.69, 9.17) is 9.05 Å². The molecule has 0 spiro atoms. The Balaban J connectivity index is 4.62. The second kappa shape index (κ2) is 31.4. The third-order valence-corrected chi connectivity index (χ3v) is 9.06. The van der Waals surface area contributed by atoms with Crippen molar-refractivity contribution in [2.24, 2.45) is 0 Å². The molecule has 0 radical (unpaired) electrons. The van der Waals surface area contributed by atoms with E-state index in [9.17, 15) is 19.4 Å². The first-order valence-corrected chi connectivity index (χ1v) is 20.5. The van der Waals surface area contributed by atoms with Crippen LogP contribution in [0.25, 0.3) is 0 Å². The van der Waals surface area contributed by atoms with Gasteiger partial charge < -0.3 is 19.8 Å². The average molecular weight is 698 g/mol. The summed E-state index contributed by atoms with van der Waals surface area (Å²) in [6, 6.07) is -0.884. The number of nitrogens with zero attached hydrogens (tertiary/aromatic N) is 1. The molecule has 0 fully saturated rings. The molecule has 0 aliphatic carbocycles. The minimum absolute atomic E-state index is 0.0487. The van der Waals surface area contributed by atoms with Crippen LogP contribution in [-0.4, -0.2) is 73.4 Å². The SMILES string of the molecule is CCCCC/C=C/C/C=C/CCCCCCCC(=O)N[C@@H](COP(=O)(O)OCC[N+](C)(C)C)[C@H](O)/C=C/C=C/CCCCCCCCC. The summed E-state index contributed by atoms with van der Waals surface area (Å²) in [5.41, 5.74) is 0. The number of carbonyl (C=O) groups is 1. The van der Waals surface area contributed by atoms with E-state index >= 15 is 0 Å². The first-order valence-electron chi connectivity index (χ1n) is 19.0. The summed E-state index contributed by atoms with van der Waals surface area (Å²) in [4.78, 5) is 22.9. The van der Waals surface area contributed by atoms with E-state index in [1.807, 2.05) is 27.2 Å². The number of hydrogen-bond acceptors (Lipinski definition) is 5. The van der Waals surface area contributed by atoms with E-state index < -0.39 is 20.0 Å². The number of quaternary nitrogens is 1. The number of likely N-dealkylation sites (N-methyl/N-ethyl adjacent to an activating group) is 1. The lowest BCUT2D eigenvalue weighted by molar-refractivity contribution is -0.870. The summed E-state index contributed by atoms with van der Waals surface area (Å²) < 4.78 is 23.4. The summed E-state index contributed by atoms with van der Waals surface area (Å²) in [6.45, 7) is 4.68. The fourth-order valence-electron chi connectivity index (χ4n) is 4.95. The standard InChI is InChI=1S/C39H73N2O6P/c1-6-8-10-12-14-16-18-19-20-21-23-25-27-29-31-33-39(43)40-37(36-47-48(44,45)46-35-34-41(3,4)5)38(42)32-30-28-26-24-22-17-15-13-11-9-7-2/h14,16,19-20,26,28,30,32,37-38,42H,6-13,15,17-18,21-25,27,29,31,33-36H2,1-5H3,(H-,40,43,44,45)/p+1/b16-14+,20-19+,28-26+,32-30+/t37-,38+/m0/s1. The number of rotatable bonds is 33. The number of hydrogen-bond donors (Lipinski definition) is 3. The molecule has 1 unspecified atom stereocenters. The summed E-state index contributed by atoms with van der Waals surface area (Å²) in [6.07, 6.45) is 37.6. The molecular formula is C39H74N2O6P+. The number of phosphoric acid groups is 1. The second-order valence-electron chi connectivity index (χ2n) is 14.0. The van der Waals surface area contributed by atoms with Gasteiger partial charge in [0.2, 0.25) is 5.91 Å². The summed E-state index contributed by atoms with van der Waals surface area (Å²) in [7, 11) is 1.52. The molecule has 0 saturated carbocycles. The number of aliphatic hydroxyl groups is 1. The molecule has 1 amide bonds. The molecular weight excluding hydrogens is 623 g/mol. The quantitative estimate of drug-likeness (QED) is 0.0207. The molecule has 280 valence electrons. The number of carbonyl (C=O) groups excluding carboxylic acids is 1. The van der Waals surface area contributed by atoms with Crippen molar-refractivity contribution in [3.05, 3.63) is 48.6 Å². The largest absolute Gasteiger partial charge is 0.472 e. The minimum Gasteiger partial charge on any atom is -0.387 e. The third kappa shape index (κ3) is 33.0. The molecule has 0 bridgehead atoms. The molecule has 0 aliphatic heterocycles. The number of unbranched alkanes of at least 4 members (excludes halogenated alkanes) is 15. The number of aliphatic hydroxyl groups excluding tert-OH is 1. The van der Waals surface area contributed by atoms with Crippen LogP contribution in [0.4, 0.5) is 0 Å². The first kappa shape index (κ1) is 46.5. The fraction of sp³-hybridized carbons (Fsp3) is 0.769. The van der Waals surface area contributed by atoms with Gasteiger partial charge in [0.15, 0.2) is 0 Å². The van der Waals surface area contributed by atoms with Gasteiger partial charge in [0, 0.05) is 6.42 Å². The molecule has 48 heavy (non-hydrogen) atoms. The molecule has 0 aliphatic rings. The van der Waals surface area contributed by atoms with Crippen molar-refractivity contribution in [3.63, 3.8) is 0 Å². The van der Waals surface area contributed by atoms with Crippen LogP contribution in [0.3, 0.4) is 0 Å². The van der Waals surface area contributed by atoms with Gasteiger partial charge in [-0.1, -0.05) is 133 Å². The van der Waals surface area contributed by atoms with Crippen molar-refractivity contribution in [1.29, 1.82) is 0 Å². The van der Waals surface area contributed by atoms with E-state index in [1.54, 1.807) is 12.2 Å². The predicted octanol–water partition coefficient (Wildman–Crippen LogP) is 9.74. The number of nitrogens with one attached hydrogen (secondary N) is 1. The van der Waals surface area contributed by atoms with Crippen LogP contribution in [0.1, 0.15) is 142 Å². The summed E-state index contributed by atoms with van der Waals surface area (Å²) in [5, 5.41) is 13.7. The minimum atomic E-state index is -4.34. The van der Waals surface area contributed by atoms with E-state index in [0.29, 0.717) is 17.4 Å². The van der Waals surface area contributed by atoms with Gasteiger partial charge >= 0.3 is 7.82 Å². The van der Waals surface area contributed by atoms with Crippen molar-refractivity contribution in [1.82, 2.24) is 5.32 Å². The summed E-state index contributed by atoms with van der Waals surface area (Å²) in [5.74, 6) is -0.213. The maximum atomic E-state index is 12.8. The average Bonchev–Trinajstić information content (AvgIpc) is 3.02. The van der Waals surface area contributed by atoms with Crippen molar-refractivity contribution >= 4 is 13.7 Å². The van der Waals surface area contributed by atoms with Crippen LogP contribution < -0.4 is 5.32 Å². The van der Waals surface area contributed by atoms with Gasteiger partial charge in [-0.3, -0.25) is 13.8 Å². The number of allylic oxidation sites excluding steroid dienone is 7. The van der Waals surface area contributed by atoms with Crippen molar-refractivity contribution in [2.45, 2.75) is 154 Å². The Morgan fingerprint density at radius 2 is 1.25 bits per heavy atom. The highest BCUT2D eigenvalue weighted by molar-refractivity contribution is 7.47. The van der Waals surface area contributed by atoms with Crippen molar-refractivity contribution in [3.8, 4) is 0 Å². The van der Waals surface area contributed by atoms with Gasteiger partial charge in [-0.2, -0.15) is 0 Å². The van der Waals surface area contributed by atoms with Gasteiger partial charge in [-0.05, 0) is 51.4 Å². The molecule has 0 rings (SSSR count). The second-order valence-corrected chi connectivity index (χ2v) is 15.4. The van der Waals surface area contributed by atoms with Crippen molar-refractivity contribution in [2.75, 3.05) is 40.9 Å². The Labute approximate surface area is 295 Å². The van der Waals surface area contributed by atoms with Crippen LogP contribution in [0.15, 0.2) is 48.6 Å². The third-order valence-electron chi connectivity index (χ3n) is 8.08. The lowest BCUT2D eigenvalue weighted by atomic mass is 10.1. The molecule has 0 heterocycles. The van der Waals surface area contributed by atoms with Crippen molar-refractivity contribution < 1.29 is 32.9 Å².